The summed E-state index contributed by atoms with van der Waals surface area (Å²) in [5.41, 5.74) is 1.79. The average molecular weight is 443 g/mol. The van der Waals surface area contributed by atoms with Gasteiger partial charge in [-0.2, -0.15) is 0 Å². The van der Waals surface area contributed by atoms with Crippen LogP contribution in [0.15, 0.2) is 66.2 Å². The third-order valence-electron chi connectivity index (χ3n) is 5.29. The Morgan fingerprint density at radius 2 is 1.74 bits per heavy atom. The first-order valence-corrected chi connectivity index (χ1v) is 12.5. The summed E-state index contributed by atoms with van der Waals surface area (Å²) in [6.07, 6.45) is 8.78. The highest BCUT2D eigenvalue weighted by Gasteiger charge is 2.29. The van der Waals surface area contributed by atoms with Crippen LogP contribution < -0.4 is 14.4 Å². The molecule has 0 bridgehead atoms. The van der Waals surface area contributed by atoms with Crippen LogP contribution in [0.3, 0.4) is 0 Å². The minimum atomic E-state index is -3.66. The Labute approximate surface area is 185 Å². The van der Waals surface area contributed by atoms with Crippen LogP contribution in [0.1, 0.15) is 39.0 Å². The highest BCUT2D eigenvalue weighted by atomic mass is 32.2. The lowest BCUT2D eigenvalue weighted by Crippen LogP contribution is -2.48. The third-order valence-corrected chi connectivity index (χ3v) is 6.53. The van der Waals surface area contributed by atoms with Gasteiger partial charge in [0.2, 0.25) is 15.9 Å². The summed E-state index contributed by atoms with van der Waals surface area (Å²) in [6.45, 7) is 2.11. The molecule has 7 heteroatoms. The standard InChI is InChI=1S/C24H30N2O4S/c1-19(24(27)25-18-17-20-9-5-3-6-10-20)26(31(2,28)29)21-13-15-23(16-14-21)30-22-11-7-4-8-12-22/h4,7-9,11-16,19H,3,5-6,10,17-18H2,1-2H3,(H,25,27). The lowest BCUT2D eigenvalue weighted by Gasteiger charge is -2.28. The van der Waals surface area contributed by atoms with E-state index in [1.165, 1.54) is 18.4 Å². The topological polar surface area (TPSA) is 75.7 Å². The number of para-hydroxylation sites is 1. The minimum absolute atomic E-state index is 0.313. The van der Waals surface area contributed by atoms with Gasteiger partial charge in [-0.3, -0.25) is 9.10 Å². The molecule has 0 fully saturated rings. The van der Waals surface area contributed by atoms with Crippen LogP contribution in [0, 0.1) is 0 Å². The van der Waals surface area contributed by atoms with Gasteiger partial charge in [0, 0.05) is 6.54 Å². The van der Waals surface area contributed by atoms with Crippen molar-refractivity contribution >= 4 is 21.6 Å². The maximum Gasteiger partial charge on any atom is 0.243 e. The first-order chi connectivity index (χ1) is 14.8. The van der Waals surface area contributed by atoms with E-state index in [-0.39, 0.29) is 5.91 Å². The number of nitrogens with one attached hydrogen (secondary N) is 1. The van der Waals surface area contributed by atoms with Crippen molar-refractivity contribution in [3.05, 3.63) is 66.2 Å². The fourth-order valence-corrected chi connectivity index (χ4v) is 4.90. The SMILES string of the molecule is CC(C(=O)NCCC1=CCCCC1)N(c1ccc(Oc2ccccc2)cc1)S(C)(=O)=O. The number of allylic oxidation sites excluding steroid dienone is 1. The van der Waals surface area contributed by atoms with E-state index in [9.17, 15) is 13.2 Å². The van der Waals surface area contributed by atoms with Gasteiger partial charge in [-0.25, -0.2) is 8.42 Å². The zero-order chi connectivity index (χ0) is 22.3. The number of carbonyl (C=O) groups excluding carboxylic acids is 1. The number of hydrogen-bond acceptors (Lipinski definition) is 4. The average Bonchev–Trinajstić information content (AvgIpc) is 2.75. The minimum Gasteiger partial charge on any atom is -0.457 e. The van der Waals surface area contributed by atoms with Gasteiger partial charge < -0.3 is 10.1 Å². The Kier molecular flexibility index (Phi) is 7.74. The molecular formula is C24H30N2O4S. The van der Waals surface area contributed by atoms with E-state index >= 15 is 0 Å². The Morgan fingerprint density at radius 1 is 1.06 bits per heavy atom. The van der Waals surface area contributed by atoms with Crippen molar-refractivity contribution in [3.8, 4) is 11.5 Å². The molecule has 0 aliphatic heterocycles. The molecule has 1 atom stereocenters. The molecule has 1 unspecified atom stereocenters. The summed E-state index contributed by atoms with van der Waals surface area (Å²) < 4.78 is 31.9. The molecular weight excluding hydrogens is 412 g/mol. The van der Waals surface area contributed by atoms with Crippen LogP contribution >= 0.6 is 0 Å². The van der Waals surface area contributed by atoms with Gasteiger partial charge in [0.25, 0.3) is 0 Å². The molecule has 3 rings (SSSR count). The van der Waals surface area contributed by atoms with Crippen LogP contribution in [0.25, 0.3) is 0 Å². The fourth-order valence-electron chi connectivity index (χ4n) is 3.72. The molecule has 2 aromatic carbocycles. The molecule has 0 heterocycles. The number of nitrogens with zero attached hydrogens (tertiary/aromatic N) is 1. The van der Waals surface area contributed by atoms with Crippen molar-refractivity contribution in [1.82, 2.24) is 5.32 Å². The van der Waals surface area contributed by atoms with Gasteiger partial charge in [0.05, 0.1) is 11.9 Å². The fraction of sp³-hybridized carbons (Fsp3) is 0.375. The quantitative estimate of drug-likeness (QED) is 0.574. The number of benzene rings is 2. The molecule has 1 N–H and O–H groups in total. The molecule has 1 aliphatic rings. The first-order valence-electron chi connectivity index (χ1n) is 10.6. The Hall–Kier alpha value is -2.80. The molecule has 1 amide bonds. The monoisotopic (exact) mass is 442 g/mol. The molecule has 0 saturated carbocycles. The van der Waals surface area contributed by atoms with Gasteiger partial charge in [0.1, 0.15) is 17.5 Å². The van der Waals surface area contributed by atoms with E-state index in [2.05, 4.69) is 11.4 Å². The van der Waals surface area contributed by atoms with E-state index in [1.54, 1.807) is 31.2 Å². The van der Waals surface area contributed by atoms with Crippen molar-refractivity contribution in [2.45, 2.75) is 45.1 Å². The molecule has 0 saturated heterocycles. The van der Waals surface area contributed by atoms with Crippen molar-refractivity contribution in [2.24, 2.45) is 0 Å². The van der Waals surface area contributed by atoms with Crippen molar-refractivity contribution in [2.75, 3.05) is 17.1 Å². The number of anilines is 1. The highest BCUT2D eigenvalue weighted by Crippen LogP contribution is 2.27. The Morgan fingerprint density at radius 3 is 2.35 bits per heavy atom. The summed E-state index contributed by atoms with van der Waals surface area (Å²) in [5, 5.41) is 2.89. The number of sulfonamides is 1. The predicted octanol–water partition coefficient (Wildman–Crippen LogP) is 4.64. The second kappa shape index (κ2) is 10.5. The molecule has 2 aromatic rings. The largest absolute Gasteiger partial charge is 0.457 e. The number of amides is 1. The molecule has 31 heavy (non-hydrogen) atoms. The number of ether oxygens (including phenoxy) is 1. The molecule has 166 valence electrons. The molecule has 0 radical (unpaired) electrons. The van der Waals surface area contributed by atoms with Crippen molar-refractivity contribution < 1.29 is 17.9 Å². The second-order valence-electron chi connectivity index (χ2n) is 7.79. The van der Waals surface area contributed by atoms with E-state index in [4.69, 9.17) is 4.74 Å². The Bertz CT molecular complexity index is 1000. The van der Waals surface area contributed by atoms with Crippen LogP contribution in [0.2, 0.25) is 0 Å². The summed E-state index contributed by atoms with van der Waals surface area (Å²) >= 11 is 0. The number of carbonyl (C=O) groups is 1. The summed E-state index contributed by atoms with van der Waals surface area (Å²) in [6, 6.07) is 15.2. The molecule has 0 aromatic heterocycles. The van der Waals surface area contributed by atoms with Crippen LogP contribution in [-0.2, 0) is 14.8 Å². The second-order valence-corrected chi connectivity index (χ2v) is 9.65. The van der Waals surface area contributed by atoms with E-state index in [0.29, 0.717) is 23.7 Å². The normalized spacial score (nSPS) is 15.0. The van der Waals surface area contributed by atoms with Crippen LogP contribution in [0.4, 0.5) is 5.69 Å². The van der Waals surface area contributed by atoms with E-state index in [0.717, 1.165) is 29.8 Å². The van der Waals surface area contributed by atoms with Crippen molar-refractivity contribution in [3.63, 3.8) is 0 Å². The van der Waals surface area contributed by atoms with Crippen LogP contribution in [0.5, 0.6) is 11.5 Å². The maximum atomic E-state index is 12.7. The summed E-state index contributed by atoms with van der Waals surface area (Å²) in [7, 11) is -3.66. The van der Waals surface area contributed by atoms with Gasteiger partial charge in [0.15, 0.2) is 0 Å². The van der Waals surface area contributed by atoms with E-state index in [1.807, 2.05) is 30.3 Å². The predicted molar refractivity (Wildman–Crippen MR) is 124 cm³/mol. The number of rotatable bonds is 9. The maximum absolute atomic E-state index is 12.7. The zero-order valence-corrected chi connectivity index (χ0v) is 18.9. The van der Waals surface area contributed by atoms with Gasteiger partial charge in [-0.15, -0.1) is 0 Å². The zero-order valence-electron chi connectivity index (χ0n) is 18.1. The van der Waals surface area contributed by atoms with Crippen LogP contribution in [-0.4, -0.2) is 33.2 Å². The van der Waals surface area contributed by atoms with E-state index < -0.39 is 16.1 Å². The Balaban J connectivity index is 1.66. The van der Waals surface area contributed by atoms with Crippen molar-refractivity contribution in [1.29, 1.82) is 0 Å². The molecule has 1 aliphatic carbocycles. The first kappa shape index (κ1) is 22.9. The van der Waals surface area contributed by atoms with Gasteiger partial charge >= 0.3 is 0 Å². The van der Waals surface area contributed by atoms with Gasteiger partial charge in [-0.1, -0.05) is 29.8 Å². The molecule has 6 nitrogen and oxygen atoms in total. The lowest BCUT2D eigenvalue weighted by molar-refractivity contribution is -0.121. The van der Waals surface area contributed by atoms with Gasteiger partial charge in [-0.05, 0) is 75.4 Å². The lowest BCUT2D eigenvalue weighted by atomic mass is 9.97. The third kappa shape index (κ3) is 6.59. The highest BCUT2D eigenvalue weighted by molar-refractivity contribution is 7.92. The summed E-state index contributed by atoms with van der Waals surface area (Å²) in [5.74, 6) is 0.962. The summed E-state index contributed by atoms with van der Waals surface area (Å²) in [4.78, 5) is 12.7. The molecule has 0 spiro atoms. The number of hydrogen-bond donors (Lipinski definition) is 1. The smallest absolute Gasteiger partial charge is 0.243 e.